The number of hydrogen-bond acceptors (Lipinski definition) is 9. The molecule has 5 heterocycles. The highest BCUT2D eigenvalue weighted by Gasteiger charge is 2.39. The van der Waals surface area contributed by atoms with E-state index >= 15 is 4.39 Å². The van der Waals surface area contributed by atoms with E-state index in [1.165, 1.54) is 0 Å². The van der Waals surface area contributed by atoms with Crippen molar-refractivity contribution < 1.29 is 40.2 Å². The zero-order valence-corrected chi connectivity index (χ0v) is 22.4. The van der Waals surface area contributed by atoms with Crippen LogP contribution in [0.4, 0.5) is 42.4 Å². The molecule has 1 fully saturated rings. The maximum Gasteiger partial charge on any atom is 0.418 e. The van der Waals surface area contributed by atoms with Crippen molar-refractivity contribution in [2.24, 2.45) is 5.92 Å². The standard InChI is InChI=1S/C26H28F7N7O2/c1-12-7-16(34)36-21(18(12)26(31,32)33)22-19(30)20-17-23(40(10-15(28)29)5-6-41-24(17)37-22)39-25(38-20)42-11-13-3-2-4-35-9-14(27)8-13/h7,13-15,35H,2-6,8-11H2,1H3,(H2,34,36)/t13-,14?/m1/s1. The number of alkyl halides is 6. The van der Waals surface area contributed by atoms with Gasteiger partial charge in [0.25, 0.3) is 6.43 Å². The summed E-state index contributed by atoms with van der Waals surface area (Å²) in [6.45, 7) is 0.787. The lowest BCUT2D eigenvalue weighted by molar-refractivity contribution is -0.137. The van der Waals surface area contributed by atoms with Gasteiger partial charge in [0.2, 0.25) is 5.88 Å². The van der Waals surface area contributed by atoms with Gasteiger partial charge in [0.15, 0.2) is 5.82 Å². The van der Waals surface area contributed by atoms with Crippen LogP contribution in [0.3, 0.4) is 0 Å². The highest BCUT2D eigenvalue weighted by atomic mass is 19.4. The summed E-state index contributed by atoms with van der Waals surface area (Å²) in [6.07, 6.45) is -7.31. The largest absolute Gasteiger partial charge is 0.475 e. The van der Waals surface area contributed by atoms with Crippen LogP contribution in [-0.4, -0.2) is 71.9 Å². The van der Waals surface area contributed by atoms with Gasteiger partial charge < -0.3 is 25.4 Å². The number of ether oxygens (including phenoxy) is 2. The number of rotatable bonds is 6. The molecule has 5 rings (SSSR count). The van der Waals surface area contributed by atoms with E-state index in [4.69, 9.17) is 15.2 Å². The van der Waals surface area contributed by atoms with Gasteiger partial charge in [-0.1, -0.05) is 0 Å². The van der Waals surface area contributed by atoms with Crippen LogP contribution in [0, 0.1) is 18.7 Å². The van der Waals surface area contributed by atoms with E-state index in [0.717, 1.165) is 24.3 Å². The number of pyridine rings is 2. The first-order chi connectivity index (χ1) is 19.9. The highest BCUT2D eigenvalue weighted by molar-refractivity contribution is 5.97. The van der Waals surface area contributed by atoms with E-state index in [1.54, 1.807) is 0 Å². The molecule has 3 N–H and O–H groups in total. The molecule has 16 heteroatoms. The summed E-state index contributed by atoms with van der Waals surface area (Å²) in [6, 6.07) is 0.586. The van der Waals surface area contributed by atoms with Crippen molar-refractivity contribution in [3.8, 4) is 23.3 Å². The van der Waals surface area contributed by atoms with Gasteiger partial charge in [-0.2, -0.15) is 23.1 Å². The predicted octanol–water partition coefficient (Wildman–Crippen LogP) is 4.71. The highest BCUT2D eigenvalue weighted by Crippen LogP contribution is 2.43. The molecule has 1 unspecified atom stereocenters. The average Bonchev–Trinajstić information content (AvgIpc) is 3.05. The number of nitrogens with two attached hydrogens (primary N) is 1. The summed E-state index contributed by atoms with van der Waals surface area (Å²) in [4.78, 5) is 17.3. The van der Waals surface area contributed by atoms with Crippen LogP contribution in [0.5, 0.6) is 11.9 Å². The SMILES string of the molecule is Cc1cc(N)nc(-c2nc3c4c(nc(OC[C@@H]5CCCNCC(F)C5)nc4c2F)N(CC(F)F)CCO3)c1C(F)(F)F. The molecule has 0 saturated carbocycles. The third kappa shape index (κ3) is 6.22. The van der Waals surface area contributed by atoms with Crippen LogP contribution in [-0.2, 0) is 6.18 Å². The molecule has 228 valence electrons. The summed E-state index contributed by atoms with van der Waals surface area (Å²) in [5.41, 5.74) is 1.87. The topological polar surface area (TPSA) is 111 Å². The maximum atomic E-state index is 16.2. The minimum atomic E-state index is -4.95. The Morgan fingerprint density at radius 2 is 1.98 bits per heavy atom. The van der Waals surface area contributed by atoms with Crippen LogP contribution >= 0.6 is 0 Å². The van der Waals surface area contributed by atoms with Crippen molar-refractivity contribution in [2.45, 2.75) is 45.0 Å². The fourth-order valence-corrected chi connectivity index (χ4v) is 5.27. The quantitative estimate of drug-likeness (QED) is 0.387. The van der Waals surface area contributed by atoms with E-state index in [9.17, 15) is 26.3 Å². The van der Waals surface area contributed by atoms with Crippen molar-refractivity contribution in [1.82, 2.24) is 25.3 Å². The molecule has 0 bridgehead atoms. The van der Waals surface area contributed by atoms with E-state index in [2.05, 4.69) is 25.3 Å². The lowest BCUT2D eigenvalue weighted by atomic mass is 9.96. The molecule has 2 aliphatic rings. The molecule has 9 nitrogen and oxygen atoms in total. The van der Waals surface area contributed by atoms with Crippen LogP contribution in [0.25, 0.3) is 22.3 Å². The van der Waals surface area contributed by atoms with Gasteiger partial charge in [0.1, 0.15) is 46.7 Å². The number of nitrogen functional groups attached to an aromatic ring is 1. The summed E-state index contributed by atoms with van der Waals surface area (Å²) in [5, 5.41) is 2.79. The molecule has 2 aliphatic heterocycles. The summed E-state index contributed by atoms with van der Waals surface area (Å²) in [7, 11) is 0. The second-order valence-corrected chi connectivity index (χ2v) is 10.3. The number of aromatic nitrogens is 4. The molecule has 0 radical (unpaired) electrons. The summed E-state index contributed by atoms with van der Waals surface area (Å²) < 4.78 is 111. The molecule has 2 atom stereocenters. The molecular formula is C26H28F7N7O2. The Morgan fingerprint density at radius 1 is 1.19 bits per heavy atom. The second kappa shape index (κ2) is 11.9. The number of aryl methyl sites for hydroxylation is 1. The number of halogens is 7. The van der Waals surface area contributed by atoms with Crippen molar-refractivity contribution in [3.05, 3.63) is 23.0 Å². The fourth-order valence-electron chi connectivity index (χ4n) is 5.27. The smallest absolute Gasteiger partial charge is 0.418 e. The first-order valence-electron chi connectivity index (χ1n) is 13.3. The molecule has 0 amide bonds. The van der Waals surface area contributed by atoms with Gasteiger partial charge in [-0.15, -0.1) is 0 Å². The van der Waals surface area contributed by atoms with Gasteiger partial charge in [-0.3, -0.25) is 0 Å². The number of hydrogen-bond donors (Lipinski definition) is 2. The van der Waals surface area contributed by atoms with Gasteiger partial charge in [0, 0.05) is 6.54 Å². The third-order valence-electron chi connectivity index (χ3n) is 7.08. The molecule has 42 heavy (non-hydrogen) atoms. The summed E-state index contributed by atoms with van der Waals surface area (Å²) in [5.74, 6) is -2.40. The average molecular weight is 604 g/mol. The van der Waals surface area contributed by atoms with Gasteiger partial charge >= 0.3 is 12.2 Å². The second-order valence-electron chi connectivity index (χ2n) is 10.3. The minimum absolute atomic E-state index is 0.0443. The monoisotopic (exact) mass is 603 g/mol. The number of nitrogens with one attached hydrogen (secondary N) is 1. The van der Waals surface area contributed by atoms with E-state index in [-0.39, 0.29) is 67.1 Å². The van der Waals surface area contributed by atoms with E-state index in [0.29, 0.717) is 13.0 Å². The Labute approximate surface area is 235 Å². The van der Waals surface area contributed by atoms with Crippen molar-refractivity contribution in [1.29, 1.82) is 0 Å². The first-order valence-corrected chi connectivity index (χ1v) is 13.3. The Balaban J connectivity index is 1.66. The van der Waals surface area contributed by atoms with Gasteiger partial charge in [-0.25, -0.2) is 27.5 Å². The molecule has 0 spiro atoms. The van der Waals surface area contributed by atoms with Crippen molar-refractivity contribution in [3.63, 3.8) is 0 Å². The van der Waals surface area contributed by atoms with Gasteiger partial charge in [-0.05, 0) is 50.3 Å². The van der Waals surface area contributed by atoms with E-state index in [1.807, 2.05) is 0 Å². The molecule has 0 aliphatic carbocycles. The van der Waals surface area contributed by atoms with Crippen LogP contribution < -0.4 is 25.4 Å². The molecule has 0 aromatic carbocycles. The summed E-state index contributed by atoms with van der Waals surface area (Å²) >= 11 is 0. The van der Waals surface area contributed by atoms with Gasteiger partial charge in [0.05, 0.1) is 25.3 Å². The molecule has 3 aromatic rings. The minimum Gasteiger partial charge on any atom is -0.475 e. The number of anilines is 2. The molecule has 1 saturated heterocycles. The zero-order chi connectivity index (χ0) is 30.2. The third-order valence-corrected chi connectivity index (χ3v) is 7.08. The predicted molar refractivity (Wildman–Crippen MR) is 139 cm³/mol. The lowest BCUT2D eigenvalue weighted by Crippen LogP contribution is -2.33. The first kappa shape index (κ1) is 29.8. The Morgan fingerprint density at radius 3 is 2.71 bits per heavy atom. The van der Waals surface area contributed by atoms with Crippen molar-refractivity contribution in [2.75, 3.05) is 50.0 Å². The molecule has 3 aromatic heterocycles. The Hall–Kier alpha value is -3.69. The van der Waals surface area contributed by atoms with Crippen molar-refractivity contribution >= 4 is 22.5 Å². The molecular weight excluding hydrogens is 575 g/mol. The fraction of sp³-hybridized carbons (Fsp3) is 0.538. The number of nitrogens with zero attached hydrogens (tertiary/aromatic N) is 5. The normalized spacial score (nSPS) is 19.8. The van der Waals surface area contributed by atoms with E-state index < -0.39 is 59.6 Å². The zero-order valence-electron chi connectivity index (χ0n) is 22.4. The lowest BCUT2D eigenvalue weighted by Gasteiger charge is -2.24. The maximum absolute atomic E-state index is 16.2. The van der Waals surface area contributed by atoms with Crippen LogP contribution in [0.15, 0.2) is 6.07 Å². The Bertz CT molecular complexity index is 1460. The Kier molecular flexibility index (Phi) is 8.44. The van der Waals surface area contributed by atoms with Crippen LogP contribution in [0.2, 0.25) is 0 Å². The van der Waals surface area contributed by atoms with Crippen LogP contribution in [0.1, 0.15) is 30.4 Å².